The molecule has 0 fully saturated rings. The molecule has 1 heterocycles. The molecule has 0 saturated heterocycles. The molecular weight excluding hydrogens is 276 g/mol. The van der Waals surface area contributed by atoms with Crippen LogP contribution in [0.1, 0.15) is 11.1 Å². The summed E-state index contributed by atoms with van der Waals surface area (Å²) in [5.41, 5.74) is 9.20. The lowest BCUT2D eigenvalue weighted by atomic mass is 10.1. The van der Waals surface area contributed by atoms with Gasteiger partial charge in [-0.1, -0.05) is 12.1 Å². The first-order chi connectivity index (χ1) is 10.7. The minimum absolute atomic E-state index is 0.512. The van der Waals surface area contributed by atoms with Crippen molar-refractivity contribution in [1.29, 1.82) is 0 Å². The Morgan fingerprint density at radius 1 is 1.09 bits per heavy atom. The van der Waals surface area contributed by atoms with Gasteiger partial charge in [0, 0.05) is 42.3 Å². The normalized spacial score (nSPS) is 10.9. The summed E-state index contributed by atoms with van der Waals surface area (Å²) >= 11 is 0. The Morgan fingerprint density at radius 2 is 1.91 bits per heavy atom. The number of nitrogens with zero attached hydrogens (tertiary/aromatic N) is 1. The summed E-state index contributed by atoms with van der Waals surface area (Å²) in [5, 5.41) is 1.19. The number of hydrogen-bond donors (Lipinski definition) is 1. The van der Waals surface area contributed by atoms with E-state index in [1.807, 2.05) is 31.3 Å². The van der Waals surface area contributed by atoms with Crippen molar-refractivity contribution >= 4 is 10.9 Å². The van der Waals surface area contributed by atoms with Gasteiger partial charge in [-0.25, -0.2) is 0 Å². The number of methoxy groups -OCH3 is 1. The third-order valence-corrected chi connectivity index (χ3v) is 3.81. The second kappa shape index (κ2) is 6.12. The molecule has 22 heavy (non-hydrogen) atoms. The van der Waals surface area contributed by atoms with Crippen LogP contribution in [0.25, 0.3) is 10.9 Å². The smallest absolute Gasteiger partial charge is 0.123 e. The van der Waals surface area contributed by atoms with Crippen molar-refractivity contribution in [2.45, 2.75) is 13.2 Å². The lowest BCUT2D eigenvalue weighted by molar-refractivity contribution is 0.305. The minimum atomic E-state index is 0.512. The van der Waals surface area contributed by atoms with E-state index in [9.17, 15) is 0 Å². The van der Waals surface area contributed by atoms with E-state index >= 15 is 0 Å². The van der Waals surface area contributed by atoms with Gasteiger partial charge in [0.25, 0.3) is 0 Å². The zero-order valence-corrected chi connectivity index (χ0v) is 12.9. The molecule has 0 bridgehead atoms. The van der Waals surface area contributed by atoms with Crippen LogP contribution in [-0.2, 0) is 20.2 Å². The van der Waals surface area contributed by atoms with E-state index in [4.69, 9.17) is 15.2 Å². The van der Waals surface area contributed by atoms with Crippen LogP contribution >= 0.6 is 0 Å². The first-order valence-corrected chi connectivity index (χ1v) is 7.25. The molecule has 0 amide bonds. The molecule has 3 aromatic rings. The lowest BCUT2D eigenvalue weighted by Crippen LogP contribution is -1.97. The average molecular weight is 296 g/mol. The minimum Gasteiger partial charge on any atom is -0.497 e. The van der Waals surface area contributed by atoms with Gasteiger partial charge >= 0.3 is 0 Å². The fraction of sp³-hybridized carbons (Fsp3) is 0.222. The van der Waals surface area contributed by atoms with Crippen molar-refractivity contribution in [3.8, 4) is 11.5 Å². The molecule has 0 aliphatic heterocycles. The molecule has 0 spiro atoms. The zero-order valence-electron chi connectivity index (χ0n) is 12.9. The third kappa shape index (κ3) is 2.78. The summed E-state index contributed by atoms with van der Waals surface area (Å²) in [6.45, 7) is 1.06. The topological polar surface area (TPSA) is 49.4 Å². The highest BCUT2D eigenvalue weighted by atomic mass is 16.5. The molecule has 0 saturated carbocycles. The van der Waals surface area contributed by atoms with Gasteiger partial charge in [0.2, 0.25) is 0 Å². The van der Waals surface area contributed by atoms with Crippen molar-refractivity contribution in [2.24, 2.45) is 12.8 Å². The molecule has 3 rings (SSSR count). The van der Waals surface area contributed by atoms with Crippen LogP contribution in [-0.4, -0.2) is 11.7 Å². The maximum absolute atomic E-state index is 5.90. The SMILES string of the molecule is COc1cccc(OCc2cn(C)c3ccc(CN)cc23)c1. The predicted molar refractivity (Wildman–Crippen MR) is 88.1 cm³/mol. The molecule has 0 aliphatic carbocycles. The number of aromatic nitrogens is 1. The summed E-state index contributed by atoms with van der Waals surface area (Å²) in [5.74, 6) is 1.59. The maximum Gasteiger partial charge on any atom is 0.123 e. The lowest BCUT2D eigenvalue weighted by Gasteiger charge is -2.07. The van der Waals surface area contributed by atoms with Crippen LogP contribution in [0.4, 0.5) is 0 Å². The zero-order chi connectivity index (χ0) is 15.5. The first kappa shape index (κ1) is 14.5. The Bertz CT molecular complexity index is 793. The summed E-state index contributed by atoms with van der Waals surface area (Å²) in [6, 6.07) is 13.9. The molecule has 2 N–H and O–H groups in total. The average Bonchev–Trinajstić information content (AvgIpc) is 2.88. The van der Waals surface area contributed by atoms with Crippen molar-refractivity contribution in [3.63, 3.8) is 0 Å². The molecule has 4 heteroatoms. The van der Waals surface area contributed by atoms with Crippen LogP contribution in [0.15, 0.2) is 48.7 Å². The van der Waals surface area contributed by atoms with Crippen LogP contribution in [0.3, 0.4) is 0 Å². The van der Waals surface area contributed by atoms with E-state index in [1.165, 1.54) is 10.9 Å². The molecular formula is C18H20N2O2. The van der Waals surface area contributed by atoms with Gasteiger partial charge in [-0.2, -0.15) is 0 Å². The number of fused-ring (bicyclic) bond motifs is 1. The van der Waals surface area contributed by atoms with Gasteiger partial charge < -0.3 is 19.8 Å². The summed E-state index contributed by atoms with van der Waals surface area (Å²) in [7, 11) is 3.69. The van der Waals surface area contributed by atoms with Gasteiger partial charge in [-0.3, -0.25) is 0 Å². The van der Waals surface area contributed by atoms with Crippen molar-refractivity contribution in [3.05, 3.63) is 59.8 Å². The van der Waals surface area contributed by atoms with Gasteiger partial charge in [0.15, 0.2) is 0 Å². The second-order valence-corrected chi connectivity index (χ2v) is 5.29. The fourth-order valence-electron chi connectivity index (χ4n) is 2.61. The maximum atomic E-state index is 5.90. The first-order valence-electron chi connectivity index (χ1n) is 7.25. The van der Waals surface area contributed by atoms with Crippen molar-refractivity contribution in [1.82, 2.24) is 4.57 Å². The highest BCUT2D eigenvalue weighted by Crippen LogP contribution is 2.25. The number of nitrogens with two attached hydrogens (primary N) is 1. The monoisotopic (exact) mass is 296 g/mol. The number of hydrogen-bond acceptors (Lipinski definition) is 3. The molecule has 114 valence electrons. The Labute approximate surface area is 130 Å². The summed E-state index contributed by atoms with van der Waals surface area (Å²) in [4.78, 5) is 0. The van der Waals surface area contributed by atoms with Gasteiger partial charge in [0.1, 0.15) is 18.1 Å². The number of rotatable bonds is 5. The van der Waals surface area contributed by atoms with Gasteiger partial charge in [-0.05, 0) is 29.8 Å². The van der Waals surface area contributed by atoms with E-state index < -0.39 is 0 Å². The molecule has 0 aliphatic rings. The molecule has 4 nitrogen and oxygen atoms in total. The standard InChI is InChI=1S/C18H20N2O2/c1-20-11-14(17-8-13(10-19)6-7-18(17)20)12-22-16-5-3-4-15(9-16)21-2/h3-9,11H,10,12,19H2,1-2H3. The number of aryl methyl sites for hydroxylation is 1. The van der Waals surface area contributed by atoms with E-state index in [1.54, 1.807) is 7.11 Å². The molecule has 0 unspecified atom stereocenters. The van der Waals surface area contributed by atoms with Crippen LogP contribution in [0.2, 0.25) is 0 Å². The molecule has 1 aromatic heterocycles. The van der Waals surface area contributed by atoms with E-state index in [-0.39, 0.29) is 0 Å². The van der Waals surface area contributed by atoms with Crippen LogP contribution < -0.4 is 15.2 Å². The Balaban J connectivity index is 1.86. The van der Waals surface area contributed by atoms with E-state index in [2.05, 4.69) is 29.0 Å². The molecule has 2 aromatic carbocycles. The quantitative estimate of drug-likeness (QED) is 0.786. The highest BCUT2D eigenvalue weighted by Gasteiger charge is 2.08. The predicted octanol–water partition coefficient (Wildman–Crippen LogP) is 3.22. The highest BCUT2D eigenvalue weighted by molar-refractivity contribution is 5.84. The molecule has 0 atom stereocenters. The van der Waals surface area contributed by atoms with Gasteiger partial charge in [0.05, 0.1) is 7.11 Å². The van der Waals surface area contributed by atoms with E-state index in [0.717, 1.165) is 22.6 Å². The number of benzene rings is 2. The third-order valence-electron chi connectivity index (χ3n) is 3.81. The fourth-order valence-corrected chi connectivity index (χ4v) is 2.61. The second-order valence-electron chi connectivity index (χ2n) is 5.29. The van der Waals surface area contributed by atoms with Crippen molar-refractivity contribution in [2.75, 3.05) is 7.11 Å². The van der Waals surface area contributed by atoms with Gasteiger partial charge in [-0.15, -0.1) is 0 Å². The molecule has 0 radical (unpaired) electrons. The van der Waals surface area contributed by atoms with Crippen LogP contribution in [0, 0.1) is 0 Å². The van der Waals surface area contributed by atoms with Crippen LogP contribution in [0.5, 0.6) is 11.5 Å². The Kier molecular flexibility index (Phi) is 4.02. The largest absolute Gasteiger partial charge is 0.497 e. The summed E-state index contributed by atoms with van der Waals surface area (Å²) in [6.07, 6.45) is 2.10. The van der Waals surface area contributed by atoms with E-state index in [0.29, 0.717) is 13.2 Å². The van der Waals surface area contributed by atoms with Crippen molar-refractivity contribution < 1.29 is 9.47 Å². The number of ether oxygens (including phenoxy) is 2. The Hall–Kier alpha value is -2.46. The Morgan fingerprint density at radius 3 is 2.68 bits per heavy atom. The summed E-state index contributed by atoms with van der Waals surface area (Å²) < 4.78 is 13.2.